The van der Waals surface area contributed by atoms with E-state index in [0.717, 1.165) is 43.1 Å². The van der Waals surface area contributed by atoms with Gasteiger partial charge in [-0.15, -0.1) is 0 Å². The minimum absolute atomic E-state index is 0.137. The third kappa shape index (κ3) is 11.2. The summed E-state index contributed by atoms with van der Waals surface area (Å²) >= 11 is 2.80. The first kappa shape index (κ1) is 22.9. The van der Waals surface area contributed by atoms with Crippen LogP contribution < -0.4 is 5.73 Å². The summed E-state index contributed by atoms with van der Waals surface area (Å²) < 4.78 is 1.38. The van der Waals surface area contributed by atoms with Gasteiger partial charge in [0.1, 0.15) is 0 Å². The Bertz CT molecular complexity index is 305. The number of unbranched alkanes of at least 4 members (excludes halogenated alkanes) is 2. The molecule has 1 aliphatic rings. The van der Waals surface area contributed by atoms with Gasteiger partial charge in [-0.25, -0.2) is 4.79 Å². The van der Waals surface area contributed by atoms with Gasteiger partial charge in [0.15, 0.2) is 0 Å². The second-order valence-electron chi connectivity index (χ2n) is 6.57. The van der Waals surface area contributed by atoms with E-state index in [4.69, 9.17) is 10.8 Å². The quantitative estimate of drug-likeness (QED) is 0.422. The molecule has 0 aromatic carbocycles. The van der Waals surface area contributed by atoms with Crippen molar-refractivity contribution in [2.24, 2.45) is 11.7 Å². The van der Waals surface area contributed by atoms with E-state index in [1.807, 2.05) is 0 Å². The second-order valence-corrected chi connectivity index (χ2v) is 8.86. The highest BCUT2D eigenvalue weighted by Crippen LogP contribution is 2.30. The lowest BCUT2D eigenvalue weighted by atomic mass is 9.76. The van der Waals surface area contributed by atoms with Crippen LogP contribution in [0, 0.1) is 5.92 Å². The fourth-order valence-electron chi connectivity index (χ4n) is 2.26. The number of carboxylic acid groups (broad SMARTS) is 1. The summed E-state index contributed by atoms with van der Waals surface area (Å²) in [5.41, 5.74) is 6.16. The number of amides is 1. The van der Waals surface area contributed by atoms with E-state index >= 15 is 0 Å². The van der Waals surface area contributed by atoms with Crippen LogP contribution >= 0.6 is 23.9 Å². The lowest BCUT2D eigenvalue weighted by Crippen LogP contribution is -2.44. The van der Waals surface area contributed by atoms with Crippen LogP contribution in [0.5, 0.6) is 0 Å². The Hall–Kier alpha value is -0.0700. The van der Waals surface area contributed by atoms with E-state index in [9.17, 15) is 4.79 Å². The summed E-state index contributed by atoms with van der Waals surface area (Å²) in [5.74, 6) is 2.51. The first-order valence-corrected chi connectivity index (χ1v) is 10.8. The Morgan fingerprint density at radius 1 is 1.22 bits per heavy atom. The molecule has 0 aromatic heterocycles. The summed E-state index contributed by atoms with van der Waals surface area (Å²) in [5, 5.41) is 8.86. The molecule has 0 saturated heterocycles. The largest absolute Gasteiger partial charge is 0.464 e. The second kappa shape index (κ2) is 13.2. The molecular formula is C17H36N2O2S2. The summed E-state index contributed by atoms with van der Waals surface area (Å²) in [6.07, 6.45) is 8.78. The van der Waals surface area contributed by atoms with Gasteiger partial charge < -0.3 is 10.8 Å². The van der Waals surface area contributed by atoms with Gasteiger partial charge in [0.25, 0.3) is 0 Å². The molecule has 138 valence electrons. The summed E-state index contributed by atoms with van der Waals surface area (Å²) in [4.78, 5) is 10.8. The van der Waals surface area contributed by atoms with E-state index in [0.29, 0.717) is 0 Å². The topological polar surface area (TPSA) is 66.6 Å². The smallest absolute Gasteiger partial charge is 0.427 e. The van der Waals surface area contributed by atoms with Crippen molar-refractivity contribution in [3.8, 4) is 0 Å². The fraction of sp³-hybridized carbons (Fsp3) is 0.941. The molecular weight excluding hydrogens is 328 g/mol. The van der Waals surface area contributed by atoms with Gasteiger partial charge >= 0.3 is 6.09 Å². The molecule has 6 heteroatoms. The zero-order chi connectivity index (χ0) is 17.7. The van der Waals surface area contributed by atoms with Crippen molar-refractivity contribution in [1.82, 2.24) is 3.71 Å². The molecule has 0 heterocycles. The molecule has 2 atom stereocenters. The standard InChI is InChI=1S/C9H19NO2S2.C8H17N/c1-3-5-7-13-10(9(11)12)14-8-6-4-2;1-7-5-3-4-6-8(7,2)9/h3-8H2,1-2H3,(H,11,12);7H,3-6,9H2,1-2H3. The molecule has 1 rings (SSSR count). The molecule has 4 nitrogen and oxygen atoms in total. The van der Waals surface area contributed by atoms with Gasteiger partial charge in [-0.3, -0.25) is 0 Å². The third-order valence-corrected chi connectivity index (χ3v) is 6.65. The number of rotatable bonds is 8. The van der Waals surface area contributed by atoms with Crippen LogP contribution in [-0.2, 0) is 0 Å². The SMILES string of the molecule is CC1CCCCC1(C)N.CCCCSN(SCCCC)C(=O)O. The van der Waals surface area contributed by atoms with Gasteiger partial charge in [0.2, 0.25) is 0 Å². The number of hydrogen-bond donors (Lipinski definition) is 2. The molecule has 23 heavy (non-hydrogen) atoms. The van der Waals surface area contributed by atoms with E-state index in [1.165, 1.54) is 53.3 Å². The van der Waals surface area contributed by atoms with Crippen LogP contribution in [-0.4, -0.2) is 32.0 Å². The molecule has 0 bridgehead atoms. The van der Waals surface area contributed by atoms with Crippen molar-refractivity contribution in [3.05, 3.63) is 0 Å². The van der Waals surface area contributed by atoms with Crippen molar-refractivity contribution in [2.45, 2.75) is 84.6 Å². The summed E-state index contributed by atoms with van der Waals surface area (Å²) in [6, 6.07) is 0. The maximum Gasteiger partial charge on any atom is 0.427 e. The zero-order valence-electron chi connectivity index (χ0n) is 15.3. The van der Waals surface area contributed by atoms with Crippen molar-refractivity contribution < 1.29 is 9.90 Å². The van der Waals surface area contributed by atoms with E-state index < -0.39 is 6.09 Å². The number of nitrogens with zero attached hydrogens (tertiary/aromatic N) is 1. The Morgan fingerprint density at radius 3 is 2.04 bits per heavy atom. The van der Waals surface area contributed by atoms with Crippen LogP contribution in [0.1, 0.15) is 79.1 Å². The predicted octanol–water partition coefficient (Wildman–Crippen LogP) is 5.78. The lowest BCUT2D eigenvalue weighted by molar-refractivity contribution is 0.191. The molecule has 2 unspecified atom stereocenters. The number of carbonyl (C=O) groups is 1. The Balaban J connectivity index is 0.000000459. The molecule has 0 aromatic rings. The normalized spacial score (nSPS) is 23.8. The van der Waals surface area contributed by atoms with Crippen molar-refractivity contribution in [1.29, 1.82) is 0 Å². The van der Waals surface area contributed by atoms with Crippen LogP contribution in [0.2, 0.25) is 0 Å². The Kier molecular flexibility index (Phi) is 13.2. The maximum absolute atomic E-state index is 10.8. The molecule has 0 spiro atoms. The fourth-order valence-corrected chi connectivity index (χ4v) is 4.40. The average molecular weight is 365 g/mol. The van der Waals surface area contributed by atoms with Gasteiger partial charge in [0.05, 0.1) is 0 Å². The third-order valence-electron chi connectivity index (χ3n) is 4.30. The predicted molar refractivity (Wildman–Crippen MR) is 105 cm³/mol. The molecule has 0 radical (unpaired) electrons. The van der Waals surface area contributed by atoms with Crippen LogP contribution in [0.15, 0.2) is 0 Å². The molecule has 1 aliphatic carbocycles. The first-order valence-electron chi connectivity index (χ1n) is 8.92. The highest BCUT2D eigenvalue weighted by atomic mass is 32.2. The summed E-state index contributed by atoms with van der Waals surface area (Å²) in [7, 11) is 0. The van der Waals surface area contributed by atoms with Crippen molar-refractivity contribution >= 4 is 30.0 Å². The van der Waals surface area contributed by atoms with E-state index in [1.54, 1.807) is 0 Å². The molecule has 1 saturated carbocycles. The van der Waals surface area contributed by atoms with Crippen molar-refractivity contribution in [2.75, 3.05) is 11.5 Å². The minimum Gasteiger partial charge on any atom is -0.464 e. The van der Waals surface area contributed by atoms with Crippen LogP contribution in [0.3, 0.4) is 0 Å². The zero-order valence-corrected chi connectivity index (χ0v) is 17.0. The maximum atomic E-state index is 10.8. The van der Waals surface area contributed by atoms with Gasteiger partial charge in [-0.1, -0.05) is 46.5 Å². The van der Waals surface area contributed by atoms with Crippen LogP contribution in [0.4, 0.5) is 4.79 Å². The number of nitrogens with two attached hydrogens (primary N) is 1. The number of hydrogen-bond acceptors (Lipinski definition) is 4. The van der Waals surface area contributed by atoms with Gasteiger partial charge in [-0.2, -0.15) is 3.71 Å². The summed E-state index contributed by atoms with van der Waals surface area (Å²) in [6.45, 7) is 8.65. The first-order chi connectivity index (χ1) is 10.8. The highest BCUT2D eigenvalue weighted by molar-refractivity contribution is 8.12. The highest BCUT2D eigenvalue weighted by Gasteiger charge is 2.28. The average Bonchev–Trinajstić information content (AvgIpc) is 2.49. The molecule has 1 fully saturated rings. The van der Waals surface area contributed by atoms with Crippen molar-refractivity contribution in [3.63, 3.8) is 0 Å². The monoisotopic (exact) mass is 364 g/mol. The van der Waals surface area contributed by atoms with Gasteiger partial charge in [0, 0.05) is 17.0 Å². The van der Waals surface area contributed by atoms with E-state index in [2.05, 4.69) is 27.7 Å². The lowest BCUT2D eigenvalue weighted by Gasteiger charge is -2.35. The molecule has 3 N–H and O–H groups in total. The van der Waals surface area contributed by atoms with E-state index in [-0.39, 0.29) is 5.54 Å². The minimum atomic E-state index is -0.841. The Labute approximate surface area is 151 Å². The molecule has 0 aliphatic heterocycles. The Morgan fingerprint density at radius 2 is 1.74 bits per heavy atom. The van der Waals surface area contributed by atoms with Gasteiger partial charge in [-0.05, 0) is 62.4 Å². The molecule has 1 amide bonds. The van der Waals surface area contributed by atoms with Crippen LogP contribution in [0.25, 0.3) is 0 Å².